The van der Waals surface area contributed by atoms with Crippen molar-refractivity contribution < 1.29 is 36.8 Å². The van der Waals surface area contributed by atoms with Crippen molar-refractivity contribution in [3.63, 3.8) is 0 Å². The first-order valence-electron chi connectivity index (χ1n) is 44.3. The molecule has 14 aromatic carbocycles. The fraction of sp³-hybridized carbons (Fsp3) is 0.193. The van der Waals surface area contributed by atoms with Gasteiger partial charge in [0.1, 0.15) is 12.6 Å². The standard InChI is InChI=1S/C60H53N.C38H35NO2.C16H28O6P2/c1-2-3-4-7-16-49-31-41-58(42-32-49)61(59-43-37-56(38-44-59)54-33-27-52(28-34-54)20-18-48-14-10-6-11-15-48)60-45-39-57(40-46-60)55-35-29-53(30-36-55)26-25-51-23-21-50(22-24-51)19-17-47-12-8-5-9-13-47;1-2-3-4-5-6-29-11-21-36(22-12-29)39(37-23-17-34(18-24-37)32-13-7-30(27-40)8-14-32)38-25-19-35(20-26-38)33-15-9-31(28-41)10-16-33;1-5-19-23(17,20-6-2)13-15-9-11-16(12-10-15)14-24(18,21-7-3)22-8-4/h5-6,8-15,17-46H,2-4,7,16H2,1H3;7-28H,2-6H2,1H3;9-12H,5-8,13-14H2,1-4H3. The van der Waals surface area contributed by atoms with E-state index in [0.717, 1.165) is 92.9 Å². The number of hydrogen-bond donors (Lipinski definition) is 0. The van der Waals surface area contributed by atoms with E-state index in [0.29, 0.717) is 37.6 Å². The Balaban J connectivity index is 0.000000191. The summed E-state index contributed by atoms with van der Waals surface area (Å²) in [5, 5.41) is 0. The Morgan fingerprint density at radius 2 is 0.421 bits per heavy atom. The highest BCUT2D eigenvalue weighted by Crippen LogP contribution is 2.53. The molecule has 640 valence electrons. The van der Waals surface area contributed by atoms with Crippen molar-refractivity contribution in [2.24, 2.45) is 0 Å². The van der Waals surface area contributed by atoms with Gasteiger partial charge in [-0.15, -0.1) is 0 Å². The molecule has 0 aliphatic heterocycles. The van der Waals surface area contributed by atoms with Gasteiger partial charge in [-0.3, -0.25) is 18.7 Å². The lowest BCUT2D eigenvalue weighted by Crippen LogP contribution is -2.10. The van der Waals surface area contributed by atoms with E-state index in [4.69, 9.17) is 18.1 Å². The number of aryl methyl sites for hydroxylation is 2. The van der Waals surface area contributed by atoms with E-state index in [2.05, 4.69) is 327 Å². The van der Waals surface area contributed by atoms with Crippen molar-refractivity contribution in [3.05, 3.63) is 419 Å². The Hall–Kier alpha value is -12.5. The molecule has 0 atom stereocenters. The lowest BCUT2D eigenvalue weighted by atomic mass is 10.0. The van der Waals surface area contributed by atoms with E-state index >= 15 is 0 Å². The molecule has 0 unspecified atom stereocenters. The maximum Gasteiger partial charge on any atom is 0.335 e. The van der Waals surface area contributed by atoms with Crippen molar-refractivity contribution in [1.82, 2.24) is 0 Å². The summed E-state index contributed by atoms with van der Waals surface area (Å²) in [6.07, 6.45) is 27.5. The van der Waals surface area contributed by atoms with Gasteiger partial charge in [0, 0.05) is 45.3 Å². The molecule has 10 nitrogen and oxygen atoms in total. The van der Waals surface area contributed by atoms with Gasteiger partial charge in [0.25, 0.3) is 0 Å². The molecule has 0 aliphatic carbocycles. The Morgan fingerprint density at radius 1 is 0.222 bits per heavy atom. The second-order valence-corrected chi connectivity index (χ2v) is 35.2. The zero-order valence-electron chi connectivity index (χ0n) is 73.5. The number of aldehydes is 2. The molecule has 14 rings (SSSR count). The molecule has 12 heteroatoms. The van der Waals surface area contributed by atoms with Crippen LogP contribution in [0, 0.1) is 0 Å². The molecule has 0 bridgehead atoms. The highest BCUT2D eigenvalue weighted by Gasteiger charge is 2.27. The molecular weight excluding hydrogens is 1590 g/mol. The third kappa shape index (κ3) is 28.0. The van der Waals surface area contributed by atoms with Crippen molar-refractivity contribution in [1.29, 1.82) is 0 Å². The van der Waals surface area contributed by atoms with Gasteiger partial charge in [0.15, 0.2) is 0 Å². The molecule has 0 spiro atoms. The van der Waals surface area contributed by atoms with Crippen LogP contribution in [0.4, 0.5) is 34.1 Å². The number of nitrogens with zero attached hydrogens (tertiary/aromatic N) is 2. The zero-order chi connectivity index (χ0) is 88.0. The van der Waals surface area contributed by atoms with Crippen molar-refractivity contribution >= 4 is 98.3 Å². The molecule has 0 aliphatic rings. The zero-order valence-corrected chi connectivity index (χ0v) is 75.3. The Labute approximate surface area is 747 Å². The first kappa shape index (κ1) is 92.7. The van der Waals surface area contributed by atoms with Gasteiger partial charge in [-0.25, -0.2) is 0 Å². The van der Waals surface area contributed by atoms with Gasteiger partial charge in [-0.1, -0.05) is 368 Å². The van der Waals surface area contributed by atoms with Crippen LogP contribution in [0.5, 0.6) is 0 Å². The lowest BCUT2D eigenvalue weighted by Gasteiger charge is -2.26. The molecule has 0 heterocycles. The van der Waals surface area contributed by atoms with Gasteiger partial charge >= 0.3 is 15.2 Å². The third-order valence-electron chi connectivity index (χ3n) is 21.8. The minimum absolute atomic E-state index is 0.212. The molecule has 0 N–H and O–H groups in total. The van der Waals surface area contributed by atoms with Gasteiger partial charge in [-0.05, 0) is 226 Å². The van der Waals surface area contributed by atoms with Crippen LogP contribution in [0.2, 0.25) is 0 Å². The van der Waals surface area contributed by atoms with Crippen LogP contribution in [-0.2, 0) is 52.4 Å². The SMILES string of the molecule is CCCCCCc1ccc(N(c2ccc(-c3ccc(C=Cc4ccccc4)cc3)cc2)c2ccc(-c3ccc(C=Cc4ccc(C=Cc5ccccc5)cc4)cc3)cc2)cc1.CCCCCCc1ccc(N(c2ccc(-c3ccc(C=O)cc3)cc2)c2ccc(-c3ccc(C=O)cc3)cc2)cc1.CCOP(=O)(Cc1ccc(CP(=O)(OCC)OCC)cc1)OCC. The largest absolute Gasteiger partial charge is 0.335 e. The molecule has 0 amide bonds. The summed E-state index contributed by atoms with van der Waals surface area (Å²) in [5.74, 6) is 0. The van der Waals surface area contributed by atoms with Crippen molar-refractivity contribution in [2.45, 2.75) is 118 Å². The van der Waals surface area contributed by atoms with Crippen LogP contribution < -0.4 is 9.80 Å². The Morgan fingerprint density at radius 3 is 0.643 bits per heavy atom. The molecule has 14 aromatic rings. The van der Waals surface area contributed by atoms with E-state index in [1.165, 1.54) is 118 Å². The fourth-order valence-corrected chi connectivity index (χ4v) is 18.4. The predicted molar refractivity (Wildman–Crippen MR) is 532 cm³/mol. The molecule has 0 fully saturated rings. The van der Waals surface area contributed by atoms with E-state index in [1.54, 1.807) is 27.7 Å². The average Bonchev–Trinajstić information content (AvgIpc) is 0.797. The number of unbranched alkanes of at least 4 members (excludes halogenated alkanes) is 6. The molecule has 0 saturated heterocycles. The molecule has 0 radical (unpaired) electrons. The van der Waals surface area contributed by atoms with Gasteiger partial charge in [0.05, 0.1) is 38.8 Å². The van der Waals surface area contributed by atoms with E-state index in [-0.39, 0.29) is 12.3 Å². The van der Waals surface area contributed by atoms with E-state index < -0.39 is 15.2 Å². The fourth-order valence-electron chi connectivity index (χ4n) is 15.0. The van der Waals surface area contributed by atoms with Gasteiger partial charge in [0.2, 0.25) is 0 Å². The van der Waals surface area contributed by atoms with Crippen LogP contribution in [0.3, 0.4) is 0 Å². The Bertz CT molecular complexity index is 5640. The van der Waals surface area contributed by atoms with Crippen LogP contribution in [-0.4, -0.2) is 39.0 Å². The topological polar surface area (TPSA) is 112 Å². The minimum Gasteiger partial charge on any atom is -0.311 e. The maximum absolute atomic E-state index is 12.5. The van der Waals surface area contributed by atoms with Crippen molar-refractivity contribution in [3.8, 4) is 44.5 Å². The van der Waals surface area contributed by atoms with Crippen LogP contribution in [0.15, 0.2) is 352 Å². The maximum atomic E-state index is 12.5. The van der Waals surface area contributed by atoms with E-state index in [1.807, 2.05) is 84.9 Å². The molecule has 0 saturated carbocycles. The number of carbonyl (C=O) groups is 2. The minimum atomic E-state index is -3.12. The number of rotatable bonds is 40. The Kier molecular flexibility index (Phi) is 35.8. The molecule has 0 aromatic heterocycles. The highest BCUT2D eigenvalue weighted by molar-refractivity contribution is 7.53. The summed E-state index contributed by atoms with van der Waals surface area (Å²) in [6, 6.07) is 123. The summed E-state index contributed by atoms with van der Waals surface area (Å²) in [5.41, 5.74) is 28.7. The first-order chi connectivity index (χ1) is 61.7. The number of benzene rings is 14. The quantitative estimate of drug-likeness (QED) is 0.0159. The second-order valence-electron chi connectivity index (χ2n) is 31.0. The van der Waals surface area contributed by atoms with Gasteiger partial charge in [-0.2, -0.15) is 0 Å². The van der Waals surface area contributed by atoms with E-state index in [9.17, 15) is 18.7 Å². The summed E-state index contributed by atoms with van der Waals surface area (Å²) >= 11 is 0. The van der Waals surface area contributed by atoms with Crippen LogP contribution in [0.1, 0.15) is 169 Å². The number of anilines is 6. The lowest BCUT2D eigenvalue weighted by molar-refractivity contribution is 0.111. The monoisotopic (exact) mass is 1700 g/mol. The van der Waals surface area contributed by atoms with Gasteiger partial charge < -0.3 is 27.9 Å². The number of hydrogen-bond acceptors (Lipinski definition) is 10. The summed E-state index contributed by atoms with van der Waals surface area (Å²) in [7, 11) is -6.25. The second kappa shape index (κ2) is 48.7. The number of carbonyl (C=O) groups excluding carboxylic acids is 2. The molecule has 126 heavy (non-hydrogen) atoms. The summed E-state index contributed by atoms with van der Waals surface area (Å²) in [6.45, 7) is 13.0. The summed E-state index contributed by atoms with van der Waals surface area (Å²) < 4.78 is 46.3. The predicted octanol–water partition coefficient (Wildman–Crippen LogP) is 32.6. The normalized spacial score (nSPS) is 11.4. The summed E-state index contributed by atoms with van der Waals surface area (Å²) in [4.78, 5) is 26.7. The molecular formula is C114H116N2O8P2. The smallest absolute Gasteiger partial charge is 0.311 e. The third-order valence-corrected chi connectivity index (χ3v) is 25.9. The van der Waals surface area contributed by atoms with Crippen LogP contribution >= 0.6 is 15.2 Å². The van der Waals surface area contributed by atoms with Crippen molar-refractivity contribution in [2.75, 3.05) is 36.2 Å². The average molecular weight is 1700 g/mol. The highest BCUT2D eigenvalue weighted by atomic mass is 31.2. The first-order valence-corrected chi connectivity index (χ1v) is 47.8. The van der Waals surface area contributed by atoms with Crippen LogP contribution in [0.25, 0.3) is 81.0 Å².